The van der Waals surface area contributed by atoms with Crippen molar-refractivity contribution >= 4 is 11.8 Å². The van der Waals surface area contributed by atoms with Crippen LogP contribution in [0.1, 0.15) is 37.7 Å². The minimum atomic E-state index is -0.407. The number of piperidine rings is 1. The van der Waals surface area contributed by atoms with E-state index in [1.807, 2.05) is 6.07 Å². The van der Waals surface area contributed by atoms with Crippen LogP contribution in [0.4, 0.5) is 0 Å². The molecule has 2 amide bonds. The molecule has 0 saturated carbocycles. The van der Waals surface area contributed by atoms with E-state index in [4.69, 9.17) is 5.11 Å². The summed E-state index contributed by atoms with van der Waals surface area (Å²) in [4.78, 5) is 27.9. The molecule has 2 saturated heterocycles. The molecular weight excluding hydrogens is 342 g/mol. The van der Waals surface area contributed by atoms with Crippen molar-refractivity contribution in [2.24, 2.45) is 5.92 Å². The summed E-state index contributed by atoms with van der Waals surface area (Å²) in [6.07, 6.45) is 4.31. The monoisotopic (exact) mass is 373 g/mol. The second kappa shape index (κ2) is 9.85. The Balaban J connectivity index is 1.32. The van der Waals surface area contributed by atoms with Gasteiger partial charge in [-0.15, -0.1) is 0 Å². The smallest absolute Gasteiger partial charge is 0.248 e. The van der Waals surface area contributed by atoms with Crippen molar-refractivity contribution in [2.75, 3.05) is 32.8 Å². The van der Waals surface area contributed by atoms with Crippen LogP contribution in [-0.2, 0) is 16.1 Å². The Morgan fingerprint density at radius 1 is 1.07 bits per heavy atom. The van der Waals surface area contributed by atoms with E-state index in [9.17, 15) is 9.59 Å². The van der Waals surface area contributed by atoms with Crippen molar-refractivity contribution in [3.05, 3.63) is 35.9 Å². The lowest BCUT2D eigenvalue weighted by molar-refractivity contribution is -0.135. The lowest BCUT2D eigenvalue weighted by Crippen LogP contribution is -2.40. The normalized spacial score (nSPS) is 21.4. The van der Waals surface area contributed by atoms with Crippen LogP contribution in [0.15, 0.2) is 30.3 Å². The molecule has 0 spiro atoms. The zero-order valence-electron chi connectivity index (χ0n) is 16.0. The fourth-order valence-corrected chi connectivity index (χ4v) is 4.14. The first kappa shape index (κ1) is 19.8. The van der Waals surface area contributed by atoms with Crippen molar-refractivity contribution in [3.63, 3.8) is 0 Å². The summed E-state index contributed by atoms with van der Waals surface area (Å²) < 4.78 is 0. The summed E-state index contributed by atoms with van der Waals surface area (Å²) in [6.45, 7) is 3.87. The maximum atomic E-state index is 12.3. The van der Waals surface area contributed by atoms with Crippen LogP contribution in [0.3, 0.4) is 0 Å². The minimum absolute atomic E-state index is 0.149. The number of rotatable bonds is 7. The molecule has 1 aromatic rings. The standard InChI is InChI=1S/C21H31N3O3/c25-16-21(27)24-12-8-17(9-13-24)6-7-20(26)22-19-10-11-23(15-19)14-18-4-2-1-3-5-18/h1-5,17,19,25H,6-16H2,(H,22,26)/t19-/m0/s1. The Bertz CT molecular complexity index is 614. The molecule has 0 aromatic heterocycles. The summed E-state index contributed by atoms with van der Waals surface area (Å²) in [6, 6.07) is 10.7. The van der Waals surface area contributed by atoms with E-state index < -0.39 is 6.61 Å². The number of benzene rings is 1. The highest BCUT2D eigenvalue weighted by molar-refractivity contribution is 5.77. The largest absolute Gasteiger partial charge is 0.387 e. The molecule has 3 rings (SSSR count). The molecule has 0 aliphatic carbocycles. The zero-order valence-corrected chi connectivity index (χ0v) is 16.0. The van der Waals surface area contributed by atoms with E-state index in [1.54, 1.807) is 4.90 Å². The van der Waals surface area contributed by atoms with Crippen LogP contribution in [-0.4, -0.2) is 65.5 Å². The second-order valence-corrected chi connectivity index (χ2v) is 7.79. The predicted molar refractivity (Wildman–Crippen MR) is 104 cm³/mol. The first-order chi connectivity index (χ1) is 13.1. The highest BCUT2D eigenvalue weighted by Gasteiger charge is 2.25. The molecule has 2 fully saturated rings. The van der Waals surface area contributed by atoms with Gasteiger partial charge in [0.1, 0.15) is 6.61 Å². The Kier molecular flexibility index (Phi) is 7.24. The van der Waals surface area contributed by atoms with Crippen molar-refractivity contribution in [1.82, 2.24) is 15.1 Å². The molecular formula is C21H31N3O3. The Morgan fingerprint density at radius 3 is 2.52 bits per heavy atom. The molecule has 0 radical (unpaired) electrons. The molecule has 148 valence electrons. The summed E-state index contributed by atoms with van der Waals surface area (Å²) in [5, 5.41) is 12.1. The van der Waals surface area contributed by atoms with Crippen LogP contribution in [0.25, 0.3) is 0 Å². The zero-order chi connectivity index (χ0) is 19.1. The number of amides is 2. The van der Waals surface area contributed by atoms with Gasteiger partial charge in [-0.05, 0) is 37.2 Å². The molecule has 1 atom stereocenters. The van der Waals surface area contributed by atoms with Crippen LogP contribution in [0, 0.1) is 5.92 Å². The minimum Gasteiger partial charge on any atom is -0.387 e. The van der Waals surface area contributed by atoms with E-state index in [0.717, 1.165) is 45.3 Å². The van der Waals surface area contributed by atoms with Gasteiger partial charge in [0.25, 0.3) is 0 Å². The lowest BCUT2D eigenvalue weighted by atomic mass is 9.92. The van der Waals surface area contributed by atoms with Crippen molar-refractivity contribution in [3.8, 4) is 0 Å². The highest BCUT2D eigenvalue weighted by Crippen LogP contribution is 2.22. The molecule has 0 unspecified atom stereocenters. The number of aliphatic hydroxyl groups excluding tert-OH is 1. The Hall–Kier alpha value is -1.92. The Labute approximate surface area is 161 Å². The third-order valence-electron chi connectivity index (χ3n) is 5.77. The number of carbonyl (C=O) groups is 2. The number of nitrogens with one attached hydrogen (secondary N) is 1. The summed E-state index contributed by atoms with van der Waals surface area (Å²) in [5.74, 6) is 0.458. The first-order valence-corrected chi connectivity index (χ1v) is 10.1. The third kappa shape index (κ3) is 6.04. The van der Waals surface area contributed by atoms with Gasteiger partial charge in [0.05, 0.1) is 0 Å². The maximum absolute atomic E-state index is 12.3. The van der Waals surface area contributed by atoms with E-state index in [2.05, 4.69) is 34.5 Å². The van der Waals surface area contributed by atoms with Gasteiger partial charge in [0, 0.05) is 45.2 Å². The quantitative estimate of drug-likeness (QED) is 0.758. The van der Waals surface area contributed by atoms with Gasteiger partial charge in [0.15, 0.2) is 0 Å². The lowest BCUT2D eigenvalue weighted by Gasteiger charge is -2.31. The summed E-state index contributed by atoms with van der Waals surface area (Å²) in [5.41, 5.74) is 1.32. The molecule has 6 nitrogen and oxygen atoms in total. The number of nitrogens with zero attached hydrogens (tertiary/aromatic N) is 2. The number of hydrogen-bond donors (Lipinski definition) is 2. The van der Waals surface area contributed by atoms with Gasteiger partial charge in [-0.25, -0.2) is 0 Å². The van der Waals surface area contributed by atoms with E-state index in [0.29, 0.717) is 25.4 Å². The molecule has 2 aliphatic rings. The van der Waals surface area contributed by atoms with Gasteiger partial charge in [0.2, 0.25) is 11.8 Å². The fourth-order valence-electron chi connectivity index (χ4n) is 4.14. The topological polar surface area (TPSA) is 72.9 Å². The molecule has 0 bridgehead atoms. The summed E-state index contributed by atoms with van der Waals surface area (Å²) in [7, 11) is 0. The number of aliphatic hydroxyl groups is 1. The number of hydrogen-bond acceptors (Lipinski definition) is 4. The number of likely N-dealkylation sites (tertiary alicyclic amines) is 2. The Morgan fingerprint density at radius 2 is 1.81 bits per heavy atom. The third-order valence-corrected chi connectivity index (χ3v) is 5.77. The van der Waals surface area contributed by atoms with Gasteiger partial charge in [-0.3, -0.25) is 14.5 Å². The fraction of sp³-hybridized carbons (Fsp3) is 0.619. The van der Waals surface area contributed by atoms with Gasteiger partial charge >= 0.3 is 0 Å². The van der Waals surface area contributed by atoms with E-state index in [-0.39, 0.29) is 17.9 Å². The van der Waals surface area contributed by atoms with Crippen molar-refractivity contribution < 1.29 is 14.7 Å². The molecule has 2 aliphatic heterocycles. The highest BCUT2D eigenvalue weighted by atomic mass is 16.3. The molecule has 27 heavy (non-hydrogen) atoms. The van der Waals surface area contributed by atoms with Gasteiger partial charge in [-0.2, -0.15) is 0 Å². The predicted octanol–water partition coefficient (Wildman–Crippen LogP) is 1.39. The van der Waals surface area contributed by atoms with Crippen molar-refractivity contribution in [2.45, 2.75) is 44.7 Å². The molecule has 6 heteroatoms. The molecule has 1 aromatic carbocycles. The van der Waals surface area contributed by atoms with Crippen LogP contribution in [0.2, 0.25) is 0 Å². The van der Waals surface area contributed by atoms with Gasteiger partial charge < -0.3 is 15.3 Å². The SMILES string of the molecule is O=C(CCC1CCN(C(=O)CO)CC1)N[C@H]1CCN(Cc2ccccc2)C1. The average molecular weight is 373 g/mol. The van der Waals surface area contributed by atoms with Crippen LogP contribution < -0.4 is 5.32 Å². The maximum Gasteiger partial charge on any atom is 0.248 e. The van der Waals surface area contributed by atoms with Crippen LogP contribution >= 0.6 is 0 Å². The molecule has 2 heterocycles. The first-order valence-electron chi connectivity index (χ1n) is 10.1. The summed E-state index contributed by atoms with van der Waals surface area (Å²) >= 11 is 0. The van der Waals surface area contributed by atoms with E-state index in [1.165, 1.54) is 5.56 Å². The molecule has 2 N–H and O–H groups in total. The van der Waals surface area contributed by atoms with Crippen LogP contribution in [0.5, 0.6) is 0 Å². The van der Waals surface area contributed by atoms with E-state index >= 15 is 0 Å². The average Bonchev–Trinajstić information content (AvgIpc) is 3.13. The second-order valence-electron chi connectivity index (χ2n) is 7.79. The van der Waals surface area contributed by atoms with Crippen molar-refractivity contribution in [1.29, 1.82) is 0 Å². The van der Waals surface area contributed by atoms with Gasteiger partial charge in [-0.1, -0.05) is 30.3 Å². The number of carbonyl (C=O) groups excluding carboxylic acids is 2.